The number of rotatable bonds is 6. The molecule has 0 saturated heterocycles. The zero-order valence-corrected chi connectivity index (χ0v) is 18.8. The lowest BCUT2D eigenvalue weighted by atomic mass is 9.89. The largest absolute Gasteiger partial charge is 0.461 e. The second kappa shape index (κ2) is 8.66. The Balaban J connectivity index is 1.47. The Bertz CT molecular complexity index is 1090. The minimum atomic E-state index is -0.152. The topological polar surface area (TPSA) is 96.7 Å². The summed E-state index contributed by atoms with van der Waals surface area (Å²) in [5.74, 6) is 1.94. The van der Waals surface area contributed by atoms with Crippen molar-refractivity contribution in [2.45, 2.75) is 51.2 Å². The van der Waals surface area contributed by atoms with E-state index in [1.54, 1.807) is 17.6 Å². The molecular formula is C21H23N5O2S2. The third-order valence-corrected chi connectivity index (χ3v) is 7.24. The molecular weight excluding hydrogens is 418 g/mol. The zero-order chi connectivity index (χ0) is 21.3. The van der Waals surface area contributed by atoms with Gasteiger partial charge in [0.25, 0.3) is 0 Å². The molecule has 0 radical (unpaired) electrons. The van der Waals surface area contributed by atoms with Crippen LogP contribution in [-0.4, -0.2) is 26.4 Å². The van der Waals surface area contributed by atoms with Crippen LogP contribution in [0.2, 0.25) is 0 Å². The van der Waals surface area contributed by atoms with Crippen molar-refractivity contribution in [2.75, 3.05) is 11.1 Å². The summed E-state index contributed by atoms with van der Waals surface area (Å²) in [7, 11) is 0. The van der Waals surface area contributed by atoms with Crippen LogP contribution in [-0.2, 0) is 17.6 Å². The molecule has 3 aromatic heterocycles. The van der Waals surface area contributed by atoms with E-state index in [4.69, 9.17) is 4.42 Å². The van der Waals surface area contributed by atoms with Crippen LogP contribution in [0.15, 0.2) is 28.0 Å². The number of thioether (sulfide) groups is 1. The van der Waals surface area contributed by atoms with Crippen LogP contribution in [0.3, 0.4) is 0 Å². The smallest absolute Gasteiger partial charge is 0.235 e. The second-order valence-electron chi connectivity index (χ2n) is 7.75. The van der Waals surface area contributed by atoms with Gasteiger partial charge in [-0.2, -0.15) is 5.26 Å². The molecule has 7 nitrogen and oxygen atoms in total. The molecule has 0 fully saturated rings. The van der Waals surface area contributed by atoms with Crippen molar-refractivity contribution < 1.29 is 9.21 Å². The van der Waals surface area contributed by atoms with Gasteiger partial charge in [-0.25, -0.2) is 0 Å². The first kappa shape index (κ1) is 20.7. The van der Waals surface area contributed by atoms with E-state index in [1.165, 1.54) is 16.6 Å². The number of nitrogens with zero attached hydrogens (tertiary/aromatic N) is 4. The first-order valence-corrected chi connectivity index (χ1v) is 11.7. The Labute approximate surface area is 183 Å². The van der Waals surface area contributed by atoms with Gasteiger partial charge in [0.15, 0.2) is 10.9 Å². The SMILES string of the molecule is CC1CCc2c(sc(NC(=O)CSc3nnc(-c4ccco4)n3C(C)C)c2C#N)C1. The highest BCUT2D eigenvalue weighted by atomic mass is 32.2. The molecule has 1 aliphatic rings. The fourth-order valence-corrected chi connectivity index (χ4v) is 5.91. The fraction of sp³-hybridized carbons (Fsp3) is 0.429. The highest BCUT2D eigenvalue weighted by Gasteiger charge is 2.25. The molecule has 1 N–H and O–H groups in total. The second-order valence-corrected chi connectivity index (χ2v) is 9.80. The molecule has 1 unspecified atom stereocenters. The molecule has 3 heterocycles. The van der Waals surface area contributed by atoms with Gasteiger partial charge in [-0.15, -0.1) is 21.5 Å². The van der Waals surface area contributed by atoms with Gasteiger partial charge in [0.05, 0.1) is 17.6 Å². The maximum absolute atomic E-state index is 12.6. The third-order valence-electron chi connectivity index (χ3n) is 5.13. The number of carbonyl (C=O) groups is 1. The van der Waals surface area contributed by atoms with E-state index in [1.807, 2.05) is 30.5 Å². The summed E-state index contributed by atoms with van der Waals surface area (Å²) < 4.78 is 7.42. The number of aromatic nitrogens is 3. The van der Waals surface area contributed by atoms with Gasteiger partial charge in [0, 0.05) is 10.9 Å². The van der Waals surface area contributed by atoms with Crippen molar-refractivity contribution in [3.8, 4) is 17.7 Å². The van der Waals surface area contributed by atoms with Crippen molar-refractivity contribution in [2.24, 2.45) is 5.92 Å². The van der Waals surface area contributed by atoms with E-state index in [0.717, 1.165) is 24.8 Å². The summed E-state index contributed by atoms with van der Waals surface area (Å²) >= 11 is 2.87. The lowest BCUT2D eigenvalue weighted by Crippen LogP contribution is -2.15. The molecule has 0 aliphatic heterocycles. The summed E-state index contributed by atoms with van der Waals surface area (Å²) in [5.41, 5.74) is 1.75. The van der Waals surface area contributed by atoms with Crippen LogP contribution in [0.1, 0.15) is 49.2 Å². The lowest BCUT2D eigenvalue weighted by Gasteiger charge is -2.17. The Hall–Kier alpha value is -2.57. The molecule has 9 heteroatoms. The number of thiophene rings is 1. The fourth-order valence-electron chi connectivity index (χ4n) is 3.66. The van der Waals surface area contributed by atoms with Crippen molar-refractivity contribution in [3.05, 3.63) is 34.4 Å². The Morgan fingerprint density at radius 3 is 3.03 bits per heavy atom. The van der Waals surface area contributed by atoms with Crippen molar-refractivity contribution in [3.63, 3.8) is 0 Å². The predicted molar refractivity (Wildman–Crippen MR) is 118 cm³/mol. The highest BCUT2D eigenvalue weighted by Crippen LogP contribution is 2.39. The average Bonchev–Trinajstić information content (AvgIpc) is 3.43. The monoisotopic (exact) mass is 441 g/mol. The molecule has 4 rings (SSSR count). The van der Waals surface area contributed by atoms with E-state index >= 15 is 0 Å². The molecule has 1 amide bonds. The van der Waals surface area contributed by atoms with Crippen LogP contribution in [0.5, 0.6) is 0 Å². The number of furan rings is 1. The normalized spacial score (nSPS) is 15.8. The standard InChI is InChI=1S/C21H23N5O2S2/c1-12(2)26-19(16-5-4-8-28-16)24-25-21(26)29-11-18(27)23-20-15(10-22)14-7-6-13(3)9-17(14)30-20/h4-5,8,12-13H,6-7,9,11H2,1-3H3,(H,23,27). The van der Waals surface area contributed by atoms with Gasteiger partial charge in [-0.05, 0) is 56.7 Å². The number of nitrogens with one attached hydrogen (secondary N) is 1. The average molecular weight is 442 g/mol. The molecule has 30 heavy (non-hydrogen) atoms. The molecule has 1 aliphatic carbocycles. The third kappa shape index (κ3) is 4.02. The van der Waals surface area contributed by atoms with Crippen molar-refractivity contribution in [1.29, 1.82) is 5.26 Å². The number of hydrogen-bond donors (Lipinski definition) is 1. The van der Waals surface area contributed by atoms with E-state index in [2.05, 4.69) is 28.5 Å². The van der Waals surface area contributed by atoms with Crippen LogP contribution in [0, 0.1) is 17.2 Å². The highest BCUT2D eigenvalue weighted by molar-refractivity contribution is 7.99. The van der Waals surface area contributed by atoms with Gasteiger partial charge in [0.2, 0.25) is 11.7 Å². The summed E-state index contributed by atoms with van der Waals surface area (Å²) in [6, 6.07) is 6.05. The number of amides is 1. The Morgan fingerprint density at radius 1 is 1.50 bits per heavy atom. The molecule has 0 aromatic carbocycles. The van der Waals surface area contributed by atoms with Crippen molar-refractivity contribution in [1.82, 2.24) is 14.8 Å². The first-order valence-electron chi connectivity index (χ1n) is 9.94. The van der Waals surface area contributed by atoms with Gasteiger partial charge in [-0.1, -0.05) is 18.7 Å². The summed E-state index contributed by atoms with van der Waals surface area (Å²) in [6.07, 6.45) is 4.58. The molecule has 1 atom stereocenters. The van der Waals surface area contributed by atoms with E-state index in [0.29, 0.717) is 33.2 Å². The number of nitriles is 1. The maximum Gasteiger partial charge on any atom is 0.235 e. The van der Waals surface area contributed by atoms with Gasteiger partial charge >= 0.3 is 0 Å². The van der Waals surface area contributed by atoms with Crippen LogP contribution >= 0.6 is 23.1 Å². The summed E-state index contributed by atoms with van der Waals surface area (Å²) in [6.45, 7) is 6.30. The molecule has 0 spiro atoms. The van der Waals surface area contributed by atoms with Gasteiger partial charge in [-0.3, -0.25) is 9.36 Å². The molecule has 3 aromatic rings. The van der Waals surface area contributed by atoms with Crippen LogP contribution in [0.4, 0.5) is 5.00 Å². The van der Waals surface area contributed by atoms with Gasteiger partial charge in [0.1, 0.15) is 11.1 Å². The predicted octanol–water partition coefficient (Wildman–Crippen LogP) is 4.91. The Morgan fingerprint density at radius 2 is 2.33 bits per heavy atom. The zero-order valence-electron chi connectivity index (χ0n) is 17.1. The number of carbonyl (C=O) groups excluding carboxylic acids is 1. The summed E-state index contributed by atoms with van der Waals surface area (Å²) in [5, 5.41) is 22.4. The van der Waals surface area contributed by atoms with E-state index < -0.39 is 0 Å². The van der Waals surface area contributed by atoms with E-state index in [9.17, 15) is 10.1 Å². The molecule has 0 bridgehead atoms. The number of fused-ring (bicyclic) bond motifs is 1. The van der Waals surface area contributed by atoms with Crippen molar-refractivity contribution >= 4 is 34.0 Å². The lowest BCUT2D eigenvalue weighted by molar-refractivity contribution is -0.113. The molecule has 0 saturated carbocycles. The van der Waals surface area contributed by atoms with Gasteiger partial charge < -0.3 is 9.73 Å². The maximum atomic E-state index is 12.6. The van der Waals surface area contributed by atoms with E-state index in [-0.39, 0.29) is 17.7 Å². The van der Waals surface area contributed by atoms with Crippen LogP contribution < -0.4 is 5.32 Å². The minimum absolute atomic E-state index is 0.113. The first-order chi connectivity index (χ1) is 14.5. The molecule has 156 valence electrons. The quantitative estimate of drug-likeness (QED) is 0.546. The number of hydrogen-bond acceptors (Lipinski definition) is 7. The van der Waals surface area contributed by atoms with Crippen LogP contribution in [0.25, 0.3) is 11.6 Å². The minimum Gasteiger partial charge on any atom is -0.461 e. The Kier molecular flexibility index (Phi) is 5.97. The summed E-state index contributed by atoms with van der Waals surface area (Å²) in [4.78, 5) is 13.9. The number of anilines is 1.